The van der Waals surface area contributed by atoms with Crippen molar-refractivity contribution in [1.82, 2.24) is 4.98 Å². The van der Waals surface area contributed by atoms with Crippen molar-refractivity contribution in [3.05, 3.63) is 83.0 Å². The van der Waals surface area contributed by atoms with Crippen molar-refractivity contribution < 1.29 is 14.3 Å². The van der Waals surface area contributed by atoms with Crippen LogP contribution in [-0.2, 0) is 9.59 Å². The molecule has 0 aliphatic carbocycles. The van der Waals surface area contributed by atoms with E-state index in [1.807, 2.05) is 54.6 Å². The molecular weight excluding hydrogens is 446 g/mol. The molecule has 0 radical (unpaired) electrons. The van der Waals surface area contributed by atoms with Crippen LogP contribution in [0.3, 0.4) is 0 Å². The Labute approximate surface area is 183 Å². The molecule has 0 bridgehead atoms. The summed E-state index contributed by atoms with van der Waals surface area (Å²) in [5, 5.41) is 2.88. The summed E-state index contributed by atoms with van der Waals surface area (Å²) in [6, 6.07) is 20.4. The molecule has 152 valence electrons. The van der Waals surface area contributed by atoms with Gasteiger partial charge in [-0.3, -0.25) is 14.5 Å². The Morgan fingerprint density at radius 1 is 1.07 bits per heavy atom. The molecule has 30 heavy (non-hydrogen) atoms. The molecule has 2 aromatic carbocycles. The lowest BCUT2D eigenvalue weighted by molar-refractivity contribution is -0.127. The Kier molecular flexibility index (Phi) is 6.09. The van der Waals surface area contributed by atoms with Gasteiger partial charge in [0.05, 0.1) is 5.69 Å². The molecule has 0 spiro atoms. The van der Waals surface area contributed by atoms with Gasteiger partial charge in [0, 0.05) is 29.2 Å². The van der Waals surface area contributed by atoms with E-state index in [1.165, 1.54) is 0 Å². The summed E-state index contributed by atoms with van der Waals surface area (Å²) in [5.41, 5.74) is 1.51. The standard InChI is InChI=1S/C23H20BrN3O3/c24-17-10-4-5-11-18(17)26-20(28)13-7-15-27-22-19(12-6-14-25-22)30-21(23(27)29)16-8-2-1-3-9-16/h1-6,8-12,14,21H,7,13,15H2,(H,26,28)/t21-/m0/s1. The normalized spacial score (nSPS) is 15.3. The number of pyridine rings is 1. The molecule has 1 atom stereocenters. The number of halogens is 1. The number of nitrogens with one attached hydrogen (secondary N) is 1. The third kappa shape index (κ3) is 4.36. The van der Waals surface area contributed by atoms with Gasteiger partial charge in [-0.05, 0) is 46.6 Å². The average molecular weight is 466 g/mol. The summed E-state index contributed by atoms with van der Waals surface area (Å²) >= 11 is 3.42. The van der Waals surface area contributed by atoms with Gasteiger partial charge >= 0.3 is 0 Å². The Morgan fingerprint density at radius 3 is 2.63 bits per heavy atom. The van der Waals surface area contributed by atoms with E-state index in [4.69, 9.17) is 4.74 Å². The predicted octanol–water partition coefficient (Wildman–Crippen LogP) is 4.73. The van der Waals surface area contributed by atoms with Gasteiger partial charge in [0.1, 0.15) is 0 Å². The number of hydrogen-bond donors (Lipinski definition) is 1. The number of para-hydroxylation sites is 1. The zero-order chi connectivity index (χ0) is 20.9. The first-order chi connectivity index (χ1) is 14.6. The third-order valence-corrected chi connectivity index (χ3v) is 5.47. The highest BCUT2D eigenvalue weighted by molar-refractivity contribution is 9.10. The zero-order valence-electron chi connectivity index (χ0n) is 16.1. The summed E-state index contributed by atoms with van der Waals surface area (Å²) in [4.78, 5) is 31.4. The topological polar surface area (TPSA) is 71.5 Å². The first-order valence-corrected chi connectivity index (χ1v) is 10.4. The van der Waals surface area contributed by atoms with Crippen molar-refractivity contribution in [3.8, 4) is 5.75 Å². The molecule has 1 aliphatic rings. The number of aromatic nitrogens is 1. The number of rotatable bonds is 6. The molecule has 6 nitrogen and oxygen atoms in total. The van der Waals surface area contributed by atoms with Crippen LogP contribution in [0.4, 0.5) is 11.5 Å². The van der Waals surface area contributed by atoms with Crippen LogP contribution in [0.25, 0.3) is 0 Å². The number of amides is 2. The van der Waals surface area contributed by atoms with E-state index in [1.54, 1.807) is 23.2 Å². The van der Waals surface area contributed by atoms with Crippen LogP contribution in [0.15, 0.2) is 77.4 Å². The monoisotopic (exact) mass is 465 g/mol. The van der Waals surface area contributed by atoms with Gasteiger partial charge in [-0.25, -0.2) is 4.98 Å². The summed E-state index contributed by atoms with van der Waals surface area (Å²) in [7, 11) is 0. The number of nitrogens with zero attached hydrogens (tertiary/aromatic N) is 2. The summed E-state index contributed by atoms with van der Waals surface area (Å²) in [5.74, 6) is 0.756. The quantitative estimate of drug-likeness (QED) is 0.570. The van der Waals surface area contributed by atoms with Gasteiger partial charge < -0.3 is 10.1 Å². The molecule has 0 saturated heterocycles. The maximum absolute atomic E-state index is 13.2. The number of carbonyl (C=O) groups excluding carboxylic acids is 2. The molecule has 0 saturated carbocycles. The van der Waals surface area contributed by atoms with Gasteiger partial charge in [0.15, 0.2) is 11.6 Å². The van der Waals surface area contributed by atoms with E-state index in [-0.39, 0.29) is 18.2 Å². The fourth-order valence-corrected chi connectivity index (χ4v) is 3.71. The lowest BCUT2D eigenvalue weighted by Crippen LogP contribution is -2.42. The highest BCUT2D eigenvalue weighted by Gasteiger charge is 2.36. The van der Waals surface area contributed by atoms with Crippen LogP contribution in [0, 0.1) is 0 Å². The van der Waals surface area contributed by atoms with E-state index >= 15 is 0 Å². The van der Waals surface area contributed by atoms with Crippen molar-refractivity contribution >= 4 is 39.2 Å². The second-order valence-electron chi connectivity index (χ2n) is 6.86. The Hall–Kier alpha value is -3.19. The summed E-state index contributed by atoms with van der Waals surface area (Å²) < 4.78 is 6.77. The number of fused-ring (bicyclic) bond motifs is 1. The van der Waals surface area contributed by atoms with Crippen molar-refractivity contribution in [1.29, 1.82) is 0 Å². The highest BCUT2D eigenvalue weighted by atomic mass is 79.9. The smallest absolute Gasteiger partial charge is 0.274 e. The van der Waals surface area contributed by atoms with Crippen molar-refractivity contribution in [2.45, 2.75) is 18.9 Å². The van der Waals surface area contributed by atoms with Crippen molar-refractivity contribution in [3.63, 3.8) is 0 Å². The number of ether oxygens (including phenoxy) is 1. The van der Waals surface area contributed by atoms with E-state index in [0.29, 0.717) is 24.5 Å². The van der Waals surface area contributed by atoms with E-state index in [9.17, 15) is 9.59 Å². The molecule has 2 heterocycles. The number of hydrogen-bond acceptors (Lipinski definition) is 4. The minimum absolute atomic E-state index is 0.108. The van der Waals surface area contributed by atoms with Gasteiger partial charge in [0.2, 0.25) is 12.0 Å². The molecule has 7 heteroatoms. The molecule has 1 N–H and O–H groups in total. The van der Waals surface area contributed by atoms with E-state index < -0.39 is 6.10 Å². The van der Waals surface area contributed by atoms with Gasteiger partial charge in [0.25, 0.3) is 5.91 Å². The van der Waals surface area contributed by atoms with Crippen LogP contribution >= 0.6 is 15.9 Å². The Morgan fingerprint density at radius 2 is 1.83 bits per heavy atom. The molecule has 0 fully saturated rings. The van der Waals surface area contributed by atoms with Gasteiger partial charge in [-0.15, -0.1) is 0 Å². The number of benzene rings is 2. The van der Waals surface area contributed by atoms with Crippen LogP contribution in [0.5, 0.6) is 5.75 Å². The highest BCUT2D eigenvalue weighted by Crippen LogP contribution is 2.37. The molecule has 4 rings (SSSR count). The summed E-state index contributed by atoms with van der Waals surface area (Å²) in [6.45, 7) is 0.374. The van der Waals surface area contributed by atoms with Crippen molar-refractivity contribution in [2.75, 3.05) is 16.8 Å². The lowest BCUT2D eigenvalue weighted by atomic mass is 10.1. The van der Waals surface area contributed by atoms with Crippen LogP contribution in [0.1, 0.15) is 24.5 Å². The first kappa shape index (κ1) is 20.1. The second kappa shape index (κ2) is 9.09. The number of anilines is 2. The predicted molar refractivity (Wildman–Crippen MR) is 118 cm³/mol. The Bertz CT molecular complexity index is 1060. The lowest BCUT2D eigenvalue weighted by Gasteiger charge is -2.33. The minimum Gasteiger partial charge on any atom is -0.472 e. The fourth-order valence-electron chi connectivity index (χ4n) is 3.33. The molecule has 1 aliphatic heterocycles. The average Bonchev–Trinajstić information content (AvgIpc) is 2.77. The molecule has 3 aromatic rings. The second-order valence-corrected chi connectivity index (χ2v) is 7.71. The van der Waals surface area contributed by atoms with E-state index in [2.05, 4.69) is 26.2 Å². The minimum atomic E-state index is -0.725. The summed E-state index contributed by atoms with van der Waals surface area (Å²) in [6.07, 6.45) is 1.69. The van der Waals surface area contributed by atoms with Crippen LogP contribution in [-0.4, -0.2) is 23.3 Å². The SMILES string of the molecule is O=C(CCCN1C(=O)[C@H](c2ccccc2)Oc2cccnc21)Nc1ccccc1Br. The van der Waals surface area contributed by atoms with Crippen LogP contribution in [0.2, 0.25) is 0 Å². The number of carbonyl (C=O) groups is 2. The Balaban J connectivity index is 1.45. The largest absolute Gasteiger partial charge is 0.472 e. The van der Waals surface area contributed by atoms with Gasteiger partial charge in [-0.2, -0.15) is 0 Å². The van der Waals surface area contributed by atoms with E-state index in [0.717, 1.165) is 15.7 Å². The van der Waals surface area contributed by atoms with Gasteiger partial charge in [-0.1, -0.05) is 42.5 Å². The first-order valence-electron chi connectivity index (χ1n) is 9.66. The molecular formula is C23H20BrN3O3. The molecule has 0 unspecified atom stereocenters. The van der Waals surface area contributed by atoms with Crippen molar-refractivity contribution in [2.24, 2.45) is 0 Å². The maximum atomic E-state index is 13.2. The zero-order valence-corrected chi connectivity index (χ0v) is 17.7. The fraction of sp³-hybridized carbons (Fsp3) is 0.174. The molecule has 2 amide bonds. The third-order valence-electron chi connectivity index (χ3n) is 4.78. The van der Waals surface area contributed by atoms with Crippen LogP contribution < -0.4 is 15.0 Å². The molecule has 1 aromatic heterocycles. The maximum Gasteiger partial charge on any atom is 0.274 e.